The number of rotatable bonds is 4. The van der Waals surface area contributed by atoms with Crippen LogP contribution in [0.1, 0.15) is 43.6 Å². The van der Waals surface area contributed by atoms with Crippen LogP contribution in [0.2, 0.25) is 0 Å². The van der Waals surface area contributed by atoms with Crippen LogP contribution in [0.4, 0.5) is 0 Å². The smallest absolute Gasteiger partial charge is 0.303 e. The Kier molecular flexibility index (Phi) is 4.24. The average Bonchev–Trinajstić information content (AvgIpc) is 2.39. The van der Waals surface area contributed by atoms with Gasteiger partial charge in [-0.05, 0) is 42.4 Å². The van der Waals surface area contributed by atoms with E-state index < -0.39 is 5.97 Å². The zero-order chi connectivity index (χ0) is 13.0. The fraction of sp³-hybridized carbons (Fsp3) is 0.533. The Hall–Kier alpha value is -1.51. The summed E-state index contributed by atoms with van der Waals surface area (Å²) in [6.07, 6.45) is 4.73. The minimum atomic E-state index is -0.685. The van der Waals surface area contributed by atoms with E-state index in [9.17, 15) is 4.79 Å². The van der Waals surface area contributed by atoms with Crippen molar-refractivity contribution >= 4 is 5.97 Å². The van der Waals surface area contributed by atoms with Crippen molar-refractivity contribution in [1.29, 1.82) is 0 Å². The number of benzene rings is 1. The summed E-state index contributed by atoms with van der Waals surface area (Å²) in [7, 11) is 1.66. The lowest BCUT2D eigenvalue weighted by Gasteiger charge is -2.31. The summed E-state index contributed by atoms with van der Waals surface area (Å²) in [5, 5.41) is 9.01. The topological polar surface area (TPSA) is 46.5 Å². The Bertz CT molecular complexity index is 414. The van der Waals surface area contributed by atoms with E-state index in [0.717, 1.165) is 25.0 Å². The molecule has 0 radical (unpaired) electrons. The van der Waals surface area contributed by atoms with Crippen molar-refractivity contribution in [2.45, 2.75) is 38.0 Å². The molecule has 0 amide bonds. The highest BCUT2D eigenvalue weighted by atomic mass is 16.5. The Morgan fingerprint density at radius 1 is 1.39 bits per heavy atom. The summed E-state index contributed by atoms with van der Waals surface area (Å²) >= 11 is 0. The second kappa shape index (κ2) is 5.89. The molecular formula is C15H20O3. The first-order valence-electron chi connectivity index (χ1n) is 6.56. The number of carboxylic acids is 1. The molecule has 1 aliphatic rings. The van der Waals surface area contributed by atoms with E-state index in [1.807, 2.05) is 18.2 Å². The molecule has 98 valence electrons. The van der Waals surface area contributed by atoms with Crippen LogP contribution in [-0.2, 0) is 4.79 Å². The van der Waals surface area contributed by atoms with Crippen molar-refractivity contribution < 1.29 is 14.6 Å². The van der Waals surface area contributed by atoms with Gasteiger partial charge < -0.3 is 9.84 Å². The quantitative estimate of drug-likeness (QED) is 0.887. The number of hydrogen-bond donors (Lipinski definition) is 1. The average molecular weight is 248 g/mol. The zero-order valence-corrected chi connectivity index (χ0v) is 10.8. The highest BCUT2D eigenvalue weighted by molar-refractivity contribution is 5.67. The second-order valence-electron chi connectivity index (χ2n) is 5.03. The summed E-state index contributed by atoms with van der Waals surface area (Å²) in [5.41, 5.74) is 1.22. The van der Waals surface area contributed by atoms with Gasteiger partial charge in [0.1, 0.15) is 5.75 Å². The molecule has 3 heteroatoms. The summed E-state index contributed by atoms with van der Waals surface area (Å²) in [4.78, 5) is 10.9. The van der Waals surface area contributed by atoms with Crippen LogP contribution in [0, 0.1) is 5.92 Å². The van der Waals surface area contributed by atoms with E-state index in [1.54, 1.807) is 7.11 Å². The number of carbonyl (C=O) groups is 1. The minimum absolute atomic E-state index is 0.267. The monoisotopic (exact) mass is 248 g/mol. The molecule has 1 aromatic carbocycles. The van der Waals surface area contributed by atoms with Gasteiger partial charge in [0.2, 0.25) is 0 Å². The molecule has 1 aromatic rings. The Morgan fingerprint density at radius 2 is 2.17 bits per heavy atom. The van der Waals surface area contributed by atoms with Crippen molar-refractivity contribution in [1.82, 2.24) is 0 Å². The third-order valence-corrected chi connectivity index (χ3v) is 3.87. The van der Waals surface area contributed by atoms with Crippen molar-refractivity contribution in [3.05, 3.63) is 29.8 Å². The van der Waals surface area contributed by atoms with Crippen LogP contribution in [0.3, 0.4) is 0 Å². The van der Waals surface area contributed by atoms with E-state index in [1.165, 1.54) is 12.0 Å². The lowest BCUT2D eigenvalue weighted by molar-refractivity contribution is -0.138. The molecule has 0 saturated heterocycles. The standard InChI is InChI=1S/C15H20O3/c1-18-13-7-4-6-11(9-13)14-8-3-2-5-12(14)10-15(16)17/h4,6-7,9,12,14H,2-3,5,8,10H2,1H3,(H,16,17)/t12-,14+/m1/s1. The van der Waals surface area contributed by atoms with E-state index >= 15 is 0 Å². The first-order valence-corrected chi connectivity index (χ1v) is 6.56. The molecule has 0 bridgehead atoms. The van der Waals surface area contributed by atoms with Crippen molar-refractivity contribution in [2.75, 3.05) is 7.11 Å². The van der Waals surface area contributed by atoms with Crippen LogP contribution < -0.4 is 4.74 Å². The largest absolute Gasteiger partial charge is 0.497 e. The summed E-state index contributed by atoms with van der Waals surface area (Å²) < 4.78 is 5.25. The Balaban J connectivity index is 2.19. The maximum atomic E-state index is 10.9. The number of methoxy groups -OCH3 is 1. The first kappa shape index (κ1) is 12.9. The van der Waals surface area contributed by atoms with Gasteiger partial charge in [-0.3, -0.25) is 4.79 Å². The van der Waals surface area contributed by atoms with Crippen LogP contribution in [0.15, 0.2) is 24.3 Å². The molecule has 0 unspecified atom stereocenters. The predicted octanol–water partition coefficient (Wildman–Crippen LogP) is 3.44. The molecule has 0 aromatic heterocycles. The summed E-state index contributed by atoms with van der Waals surface area (Å²) in [6.45, 7) is 0. The fourth-order valence-electron chi connectivity index (χ4n) is 2.99. The third-order valence-electron chi connectivity index (χ3n) is 3.87. The lowest BCUT2D eigenvalue weighted by atomic mass is 9.74. The van der Waals surface area contributed by atoms with Crippen molar-refractivity contribution in [3.8, 4) is 5.75 Å². The second-order valence-corrected chi connectivity index (χ2v) is 5.03. The molecule has 2 rings (SSSR count). The number of hydrogen-bond acceptors (Lipinski definition) is 2. The highest BCUT2D eigenvalue weighted by Crippen LogP contribution is 2.40. The Labute approximate surface area is 108 Å². The van der Waals surface area contributed by atoms with Crippen LogP contribution in [0.5, 0.6) is 5.75 Å². The van der Waals surface area contributed by atoms with Gasteiger partial charge in [0.15, 0.2) is 0 Å². The predicted molar refractivity (Wildman–Crippen MR) is 69.9 cm³/mol. The molecule has 18 heavy (non-hydrogen) atoms. The van der Waals surface area contributed by atoms with Crippen LogP contribution in [0.25, 0.3) is 0 Å². The van der Waals surface area contributed by atoms with Gasteiger partial charge in [0.25, 0.3) is 0 Å². The third kappa shape index (κ3) is 3.03. The molecule has 3 nitrogen and oxygen atoms in total. The van der Waals surface area contributed by atoms with Gasteiger partial charge in [-0.1, -0.05) is 25.0 Å². The first-order chi connectivity index (χ1) is 8.70. The fourth-order valence-corrected chi connectivity index (χ4v) is 2.99. The van der Waals surface area contributed by atoms with E-state index in [2.05, 4.69) is 6.07 Å². The molecule has 0 heterocycles. The Morgan fingerprint density at radius 3 is 2.89 bits per heavy atom. The molecule has 2 atom stereocenters. The van der Waals surface area contributed by atoms with E-state index in [-0.39, 0.29) is 12.3 Å². The van der Waals surface area contributed by atoms with Crippen molar-refractivity contribution in [2.24, 2.45) is 5.92 Å². The molecule has 0 aliphatic heterocycles. The SMILES string of the molecule is COc1cccc([C@@H]2CCCC[C@@H]2CC(=O)O)c1. The maximum absolute atomic E-state index is 10.9. The van der Waals surface area contributed by atoms with Gasteiger partial charge >= 0.3 is 5.97 Å². The van der Waals surface area contributed by atoms with Crippen LogP contribution >= 0.6 is 0 Å². The molecule has 1 saturated carbocycles. The number of aliphatic carboxylic acids is 1. The minimum Gasteiger partial charge on any atom is -0.497 e. The van der Waals surface area contributed by atoms with Gasteiger partial charge in [0, 0.05) is 6.42 Å². The summed E-state index contributed by atoms with van der Waals surface area (Å²) in [6, 6.07) is 8.05. The highest BCUT2D eigenvalue weighted by Gasteiger charge is 2.28. The molecular weight excluding hydrogens is 228 g/mol. The van der Waals surface area contributed by atoms with Crippen molar-refractivity contribution in [3.63, 3.8) is 0 Å². The maximum Gasteiger partial charge on any atom is 0.303 e. The number of ether oxygens (including phenoxy) is 1. The normalized spacial score (nSPS) is 23.6. The van der Waals surface area contributed by atoms with Gasteiger partial charge in [-0.2, -0.15) is 0 Å². The molecule has 1 aliphatic carbocycles. The molecule has 1 N–H and O–H groups in total. The zero-order valence-electron chi connectivity index (χ0n) is 10.8. The number of carboxylic acid groups (broad SMARTS) is 1. The van der Waals surface area contributed by atoms with E-state index in [4.69, 9.17) is 9.84 Å². The summed E-state index contributed by atoms with van der Waals surface area (Å²) in [5.74, 6) is 0.801. The van der Waals surface area contributed by atoms with Gasteiger partial charge in [0.05, 0.1) is 7.11 Å². The van der Waals surface area contributed by atoms with Gasteiger partial charge in [-0.25, -0.2) is 0 Å². The van der Waals surface area contributed by atoms with Crippen LogP contribution in [-0.4, -0.2) is 18.2 Å². The van der Waals surface area contributed by atoms with Gasteiger partial charge in [-0.15, -0.1) is 0 Å². The van der Waals surface area contributed by atoms with E-state index in [0.29, 0.717) is 5.92 Å². The molecule has 0 spiro atoms. The lowest BCUT2D eigenvalue weighted by Crippen LogP contribution is -2.20. The molecule has 1 fully saturated rings.